The number of nitrogens with zero attached hydrogens (tertiary/aromatic N) is 3. The van der Waals surface area contributed by atoms with E-state index in [4.69, 9.17) is 4.74 Å². The summed E-state index contributed by atoms with van der Waals surface area (Å²) in [6.45, 7) is 11.9. The van der Waals surface area contributed by atoms with Crippen LogP contribution in [0.1, 0.15) is 92.9 Å². The Kier molecular flexibility index (Phi) is 7.08. The Labute approximate surface area is 268 Å². The van der Waals surface area contributed by atoms with Gasteiger partial charge in [0.1, 0.15) is 16.4 Å². The zero-order valence-electron chi connectivity index (χ0n) is 27.2. The fraction of sp³-hybridized carbons (Fsp3) is 0.657. The number of Topliss-reactive ketones (excluding diaryl/α,β-unsaturated/α-hetero) is 1. The van der Waals surface area contributed by atoms with Crippen molar-refractivity contribution in [2.45, 2.75) is 78.5 Å². The number of carbonyl (C=O) groups is 4. The average molecular weight is 633 g/mol. The van der Waals surface area contributed by atoms with Gasteiger partial charge in [0.25, 0.3) is 5.91 Å². The Hall–Kier alpha value is -3.14. The van der Waals surface area contributed by atoms with Crippen LogP contribution in [-0.4, -0.2) is 57.1 Å². The number of aromatic nitrogens is 2. The highest BCUT2D eigenvalue weighted by atomic mass is 32.1. The van der Waals surface area contributed by atoms with Crippen molar-refractivity contribution in [3.63, 3.8) is 0 Å². The number of pyridine rings is 1. The van der Waals surface area contributed by atoms with Crippen molar-refractivity contribution in [3.05, 3.63) is 46.2 Å². The van der Waals surface area contributed by atoms with Gasteiger partial charge in [0.15, 0.2) is 11.9 Å². The molecule has 0 radical (unpaired) electrons. The van der Waals surface area contributed by atoms with Crippen molar-refractivity contribution in [2.24, 2.45) is 58.7 Å². The highest BCUT2D eigenvalue weighted by Crippen LogP contribution is 3.06. The molecule has 4 unspecified atom stereocenters. The van der Waals surface area contributed by atoms with Crippen molar-refractivity contribution in [3.8, 4) is 0 Å². The maximum absolute atomic E-state index is 14.0. The van der Waals surface area contributed by atoms with Gasteiger partial charge < -0.3 is 15.0 Å². The molecule has 6 aliphatic rings. The second-order valence-corrected chi connectivity index (χ2v) is 15.8. The van der Waals surface area contributed by atoms with Gasteiger partial charge in [-0.2, -0.15) is 0 Å². The van der Waals surface area contributed by atoms with Gasteiger partial charge in [-0.3, -0.25) is 24.2 Å². The van der Waals surface area contributed by atoms with E-state index < -0.39 is 18.0 Å². The van der Waals surface area contributed by atoms with E-state index in [-0.39, 0.29) is 47.4 Å². The summed E-state index contributed by atoms with van der Waals surface area (Å²) in [5.74, 6) is 3.08. The Morgan fingerprint density at radius 1 is 1.04 bits per heavy atom. The number of ether oxygens (including phenoxy) is 1. The normalized spacial score (nSPS) is 34.8. The lowest BCUT2D eigenvalue weighted by Crippen LogP contribution is -3.14. The number of carbonyl (C=O) groups excluding carboxylic acids is 4. The van der Waals surface area contributed by atoms with E-state index in [1.165, 1.54) is 18.3 Å². The predicted molar refractivity (Wildman–Crippen MR) is 168 cm³/mol. The third-order valence-corrected chi connectivity index (χ3v) is 13.8. The predicted octanol–water partition coefficient (Wildman–Crippen LogP) is 5.19. The second kappa shape index (κ2) is 10.4. The quantitative estimate of drug-likeness (QED) is 0.225. The Bertz CT molecular complexity index is 1500. The molecule has 2 heterocycles. The molecule has 10 heteroatoms. The molecule has 0 saturated heterocycles. The largest absolute Gasteiger partial charge is 0.455 e. The summed E-state index contributed by atoms with van der Waals surface area (Å²) < 4.78 is 5.79. The Morgan fingerprint density at radius 3 is 2.27 bits per heavy atom. The van der Waals surface area contributed by atoms with E-state index >= 15 is 0 Å². The molecule has 4 atom stereocenters. The molecule has 45 heavy (non-hydrogen) atoms. The van der Waals surface area contributed by atoms with Crippen molar-refractivity contribution in [1.82, 2.24) is 20.2 Å². The number of thiazole rings is 1. The van der Waals surface area contributed by atoms with Crippen LogP contribution < -0.4 is 5.32 Å². The molecule has 2 amide bonds. The number of hydrogen-bond donors (Lipinski definition) is 1. The van der Waals surface area contributed by atoms with Crippen molar-refractivity contribution in [1.29, 1.82) is 0 Å². The lowest BCUT2D eigenvalue weighted by atomic mass is 8.94. The minimum Gasteiger partial charge on any atom is -0.455 e. The molecular formula is C35H44N4O5S. The molecule has 0 aromatic carbocycles. The highest BCUT2D eigenvalue weighted by molar-refractivity contribution is 7.09. The van der Waals surface area contributed by atoms with Gasteiger partial charge in [-0.25, -0.2) is 4.98 Å². The van der Waals surface area contributed by atoms with Gasteiger partial charge in [-0.1, -0.05) is 47.1 Å². The van der Waals surface area contributed by atoms with Gasteiger partial charge in [-0.05, 0) is 64.9 Å². The first kappa shape index (κ1) is 30.5. The van der Waals surface area contributed by atoms with Gasteiger partial charge in [-0.15, -0.1) is 11.3 Å². The SMILES string of the molecule is CCC(C)C(CC(=O)c1ccccn1)C(=O)N(C)C(CC(OC(C)=O)c1nc(C(=O)NC23C4C5C2C2C3C4C52C)cs1)C(C)C. The van der Waals surface area contributed by atoms with E-state index in [0.717, 1.165) is 24.2 Å². The Balaban J connectivity index is 1.05. The summed E-state index contributed by atoms with van der Waals surface area (Å²) in [6, 6.07) is 4.91. The van der Waals surface area contributed by atoms with Crippen LogP contribution in [0.2, 0.25) is 0 Å². The van der Waals surface area contributed by atoms with E-state index in [2.05, 4.69) is 22.2 Å². The molecule has 6 saturated carbocycles. The van der Waals surface area contributed by atoms with Gasteiger partial charge >= 0.3 is 5.97 Å². The zero-order valence-corrected chi connectivity index (χ0v) is 28.0. The van der Waals surface area contributed by atoms with Crippen molar-refractivity contribution < 1.29 is 23.9 Å². The Morgan fingerprint density at radius 2 is 1.71 bits per heavy atom. The van der Waals surface area contributed by atoms with Crippen LogP contribution >= 0.6 is 11.3 Å². The topological polar surface area (TPSA) is 119 Å². The number of rotatable bonds is 14. The third kappa shape index (κ3) is 3.96. The minimum absolute atomic E-state index is 0.0172. The molecule has 1 N–H and O–H groups in total. The first-order chi connectivity index (χ1) is 21.4. The molecule has 0 spiro atoms. The fourth-order valence-electron chi connectivity index (χ4n) is 10.7. The average Bonchev–Trinajstić information content (AvgIpc) is 3.53. The summed E-state index contributed by atoms with van der Waals surface area (Å²) in [7, 11) is 1.77. The van der Waals surface area contributed by atoms with E-state index in [0.29, 0.717) is 46.0 Å². The van der Waals surface area contributed by atoms with Gasteiger partial charge in [0.2, 0.25) is 5.91 Å². The molecule has 240 valence electrons. The van der Waals surface area contributed by atoms with E-state index in [1.807, 2.05) is 27.7 Å². The highest BCUT2D eigenvalue weighted by Gasteiger charge is 3.09. The van der Waals surface area contributed by atoms with Crippen LogP contribution in [0.3, 0.4) is 0 Å². The first-order valence-corrected chi connectivity index (χ1v) is 17.4. The van der Waals surface area contributed by atoms with Crippen LogP contribution in [0.5, 0.6) is 0 Å². The molecule has 0 bridgehead atoms. The zero-order chi connectivity index (χ0) is 32.2. The van der Waals surface area contributed by atoms with Crippen LogP contribution in [0.25, 0.3) is 0 Å². The summed E-state index contributed by atoms with van der Waals surface area (Å²) in [4.78, 5) is 63.4. The molecule has 2 aromatic heterocycles. The minimum atomic E-state index is -0.711. The number of ketones is 1. The van der Waals surface area contributed by atoms with E-state index in [1.54, 1.807) is 41.7 Å². The second-order valence-electron chi connectivity index (χ2n) is 14.9. The molecule has 2 aromatic rings. The number of amides is 2. The van der Waals surface area contributed by atoms with Crippen molar-refractivity contribution in [2.75, 3.05) is 7.05 Å². The lowest BCUT2D eigenvalue weighted by molar-refractivity contribution is -0.620. The van der Waals surface area contributed by atoms with Crippen LogP contribution in [0.15, 0.2) is 29.8 Å². The molecule has 9 nitrogen and oxygen atoms in total. The van der Waals surface area contributed by atoms with Crippen molar-refractivity contribution >= 4 is 34.9 Å². The van der Waals surface area contributed by atoms with Gasteiger partial charge in [0, 0.05) is 50.3 Å². The maximum Gasteiger partial charge on any atom is 0.303 e. The van der Waals surface area contributed by atoms with Crippen LogP contribution in [0, 0.1) is 58.7 Å². The van der Waals surface area contributed by atoms with Crippen LogP contribution in [0.4, 0.5) is 0 Å². The third-order valence-electron chi connectivity index (χ3n) is 12.9. The molecule has 0 aliphatic heterocycles. The lowest BCUT2D eigenvalue weighted by Gasteiger charge is -3.11. The first-order valence-electron chi connectivity index (χ1n) is 16.5. The molecular weight excluding hydrogens is 588 g/mol. The number of esters is 1. The van der Waals surface area contributed by atoms with Gasteiger partial charge in [0.05, 0.1) is 5.54 Å². The molecule has 6 fully saturated rings. The molecule has 8 rings (SSSR count). The number of nitrogens with one attached hydrogen (secondary N) is 1. The van der Waals surface area contributed by atoms with E-state index in [9.17, 15) is 19.2 Å². The monoisotopic (exact) mass is 632 g/mol. The summed E-state index contributed by atoms with van der Waals surface area (Å²) in [6.07, 6.45) is 2.02. The van der Waals surface area contributed by atoms with Crippen LogP contribution in [-0.2, 0) is 14.3 Å². The summed E-state index contributed by atoms with van der Waals surface area (Å²) in [5.41, 5.74) is 1.32. The smallest absolute Gasteiger partial charge is 0.303 e. The summed E-state index contributed by atoms with van der Waals surface area (Å²) >= 11 is 1.31. The number of hydrogen-bond acceptors (Lipinski definition) is 8. The standard InChI is InChI=1S/C35H44N4O5S/c1-8-17(4)19(13-23(41)20-11-9-10-12-36-20)33(43)39(7)22(16(2)3)14-24(44-18(5)40)32-37-21(15-45-32)31(42)38-35-28-25-29(35)27-30(35)26(28)34(25,27)6/h9-12,15-17,19,22,24-30H,8,13-14H2,1-7H3,(H,38,42). The summed E-state index contributed by atoms with van der Waals surface area (Å²) in [5, 5.41) is 5.70. The maximum atomic E-state index is 14.0. The fourth-order valence-corrected chi connectivity index (χ4v) is 11.5. The molecule has 6 aliphatic carbocycles.